The topological polar surface area (TPSA) is 66.4 Å². The lowest BCUT2D eigenvalue weighted by Gasteiger charge is -2.26. The lowest BCUT2D eigenvalue weighted by atomic mass is 9.94. The van der Waals surface area contributed by atoms with Gasteiger partial charge < -0.3 is 5.11 Å². The van der Waals surface area contributed by atoms with Gasteiger partial charge in [-0.15, -0.1) is 0 Å². The third-order valence-electron chi connectivity index (χ3n) is 3.46. The van der Waals surface area contributed by atoms with E-state index in [-0.39, 0.29) is 17.0 Å². The standard InChI is InChI=1S/C13H18ClNO3S/c1-9-2-3-10(14)8-13(9)19(17,18)15-11-4-6-12(16)7-5-11/h2-3,8,11-12,15-16H,4-7H2,1H3. The highest BCUT2D eigenvalue weighted by Crippen LogP contribution is 2.23. The molecule has 0 spiro atoms. The Labute approximate surface area is 118 Å². The Morgan fingerprint density at radius 1 is 1.26 bits per heavy atom. The number of hydrogen-bond acceptors (Lipinski definition) is 3. The van der Waals surface area contributed by atoms with Crippen molar-refractivity contribution in [1.29, 1.82) is 0 Å². The Hall–Kier alpha value is -0.620. The quantitative estimate of drug-likeness (QED) is 0.900. The van der Waals surface area contributed by atoms with E-state index in [0.29, 0.717) is 36.3 Å². The largest absolute Gasteiger partial charge is 0.393 e. The summed E-state index contributed by atoms with van der Waals surface area (Å²) < 4.78 is 27.3. The minimum Gasteiger partial charge on any atom is -0.393 e. The fourth-order valence-corrected chi connectivity index (χ4v) is 4.15. The summed E-state index contributed by atoms with van der Waals surface area (Å²) in [6.07, 6.45) is 2.32. The molecule has 1 saturated carbocycles. The molecular formula is C13H18ClNO3S. The number of aryl methyl sites for hydroxylation is 1. The Morgan fingerprint density at radius 2 is 1.89 bits per heavy atom. The molecule has 0 saturated heterocycles. The summed E-state index contributed by atoms with van der Waals surface area (Å²) >= 11 is 5.86. The van der Waals surface area contributed by atoms with E-state index in [4.69, 9.17) is 11.6 Å². The Kier molecular flexibility index (Phi) is 4.50. The van der Waals surface area contributed by atoms with Gasteiger partial charge in [-0.05, 0) is 50.3 Å². The zero-order valence-corrected chi connectivity index (χ0v) is 12.3. The van der Waals surface area contributed by atoms with Crippen LogP contribution in [-0.2, 0) is 10.0 Å². The molecule has 0 aromatic heterocycles. The van der Waals surface area contributed by atoms with E-state index in [1.165, 1.54) is 6.07 Å². The van der Waals surface area contributed by atoms with Gasteiger partial charge in [-0.1, -0.05) is 17.7 Å². The molecule has 1 fully saturated rings. The zero-order chi connectivity index (χ0) is 14.0. The second-order valence-corrected chi connectivity index (χ2v) is 7.16. The highest BCUT2D eigenvalue weighted by Gasteiger charge is 2.25. The van der Waals surface area contributed by atoms with Crippen LogP contribution >= 0.6 is 11.6 Å². The summed E-state index contributed by atoms with van der Waals surface area (Å²) in [6.45, 7) is 1.75. The first kappa shape index (κ1) is 14.8. The van der Waals surface area contributed by atoms with Gasteiger partial charge >= 0.3 is 0 Å². The van der Waals surface area contributed by atoms with Gasteiger partial charge in [-0.2, -0.15) is 0 Å². The van der Waals surface area contributed by atoms with Gasteiger partial charge in [-0.25, -0.2) is 13.1 Å². The number of aliphatic hydroxyl groups is 1. The van der Waals surface area contributed by atoms with E-state index < -0.39 is 10.0 Å². The molecule has 1 aliphatic carbocycles. The molecule has 0 aliphatic heterocycles. The molecule has 6 heteroatoms. The lowest BCUT2D eigenvalue weighted by molar-refractivity contribution is 0.120. The van der Waals surface area contributed by atoms with E-state index in [2.05, 4.69) is 4.72 Å². The maximum Gasteiger partial charge on any atom is 0.241 e. The average Bonchev–Trinajstić information content (AvgIpc) is 2.35. The number of hydrogen-bond donors (Lipinski definition) is 2. The number of sulfonamides is 1. The summed E-state index contributed by atoms with van der Waals surface area (Å²) in [6, 6.07) is 4.73. The van der Waals surface area contributed by atoms with Gasteiger partial charge in [0.2, 0.25) is 10.0 Å². The molecule has 2 rings (SSSR count). The normalized spacial score (nSPS) is 24.4. The van der Waals surface area contributed by atoms with E-state index in [1.807, 2.05) is 0 Å². The third-order valence-corrected chi connectivity index (χ3v) is 5.36. The van der Waals surface area contributed by atoms with Crippen molar-refractivity contribution < 1.29 is 13.5 Å². The van der Waals surface area contributed by atoms with Crippen LogP contribution < -0.4 is 4.72 Å². The van der Waals surface area contributed by atoms with E-state index >= 15 is 0 Å². The van der Waals surface area contributed by atoms with Crippen LogP contribution in [0.15, 0.2) is 23.1 Å². The summed E-state index contributed by atoms with van der Waals surface area (Å²) in [7, 11) is -3.55. The molecule has 0 heterocycles. The van der Waals surface area contributed by atoms with Crippen LogP contribution in [0.2, 0.25) is 5.02 Å². The van der Waals surface area contributed by atoms with Crippen molar-refractivity contribution in [2.75, 3.05) is 0 Å². The minimum absolute atomic E-state index is 0.105. The molecule has 0 radical (unpaired) electrons. The van der Waals surface area contributed by atoms with Crippen LogP contribution in [0, 0.1) is 6.92 Å². The summed E-state index contributed by atoms with van der Waals surface area (Å²) in [4.78, 5) is 0.228. The van der Waals surface area contributed by atoms with Crippen molar-refractivity contribution in [3.63, 3.8) is 0 Å². The molecule has 106 valence electrons. The number of nitrogens with one attached hydrogen (secondary N) is 1. The van der Waals surface area contributed by atoms with Gasteiger partial charge in [0.25, 0.3) is 0 Å². The Bertz CT molecular complexity index is 551. The minimum atomic E-state index is -3.55. The van der Waals surface area contributed by atoms with E-state index in [1.54, 1.807) is 19.1 Å². The summed E-state index contributed by atoms with van der Waals surface area (Å²) in [5.74, 6) is 0. The van der Waals surface area contributed by atoms with Crippen LogP contribution in [-0.4, -0.2) is 25.7 Å². The third kappa shape index (κ3) is 3.69. The van der Waals surface area contributed by atoms with Crippen LogP contribution in [0.25, 0.3) is 0 Å². The molecule has 2 N–H and O–H groups in total. The van der Waals surface area contributed by atoms with Gasteiger partial charge in [0.15, 0.2) is 0 Å². The predicted molar refractivity (Wildman–Crippen MR) is 74.8 cm³/mol. The SMILES string of the molecule is Cc1ccc(Cl)cc1S(=O)(=O)NC1CCC(O)CC1. The monoisotopic (exact) mass is 303 g/mol. The van der Waals surface area contributed by atoms with Crippen molar-refractivity contribution in [1.82, 2.24) is 4.72 Å². The van der Waals surface area contributed by atoms with Gasteiger partial charge in [-0.3, -0.25) is 0 Å². The fraction of sp³-hybridized carbons (Fsp3) is 0.538. The highest BCUT2D eigenvalue weighted by molar-refractivity contribution is 7.89. The Balaban J connectivity index is 2.16. The van der Waals surface area contributed by atoms with E-state index in [9.17, 15) is 13.5 Å². The summed E-state index contributed by atoms with van der Waals surface area (Å²) in [5.41, 5.74) is 0.674. The number of aliphatic hydroxyl groups excluding tert-OH is 1. The fourth-order valence-electron chi connectivity index (χ4n) is 2.34. The molecule has 0 unspecified atom stereocenters. The molecule has 19 heavy (non-hydrogen) atoms. The first-order valence-corrected chi connectivity index (χ1v) is 8.21. The second-order valence-electron chi connectivity index (χ2n) is 5.04. The summed E-state index contributed by atoms with van der Waals surface area (Å²) in [5, 5.41) is 9.84. The predicted octanol–water partition coefficient (Wildman–Crippen LogP) is 2.23. The van der Waals surface area contributed by atoms with Crippen molar-refractivity contribution in [3.05, 3.63) is 28.8 Å². The first-order valence-electron chi connectivity index (χ1n) is 6.35. The van der Waals surface area contributed by atoms with Gasteiger partial charge in [0.05, 0.1) is 11.0 Å². The van der Waals surface area contributed by atoms with Crippen LogP contribution in [0.1, 0.15) is 31.2 Å². The zero-order valence-electron chi connectivity index (χ0n) is 10.8. The molecular weight excluding hydrogens is 286 g/mol. The first-order chi connectivity index (χ1) is 8.88. The second kappa shape index (κ2) is 5.79. The maximum atomic E-state index is 12.3. The van der Waals surface area contributed by atoms with Crippen LogP contribution in [0.5, 0.6) is 0 Å². The highest BCUT2D eigenvalue weighted by atomic mass is 35.5. The van der Waals surface area contributed by atoms with Crippen LogP contribution in [0.4, 0.5) is 0 Å². The van der Waals surface area contributed by atoms with Crippen molar-refractivity contribution in [2.24, 2.45) is 0 Å². The number of halogens is 1. The maximum absolute atomic E-state index is 12.3. The molecule has 1 aromatic carbocycles. The molecule has 1 aliphatic rings. The van der Waals surface area contributed by atoms with Crippen molar-refractivity contribution >= 4 is 21.6 Å². The number of benzene rings is 1. The smallest absolute Gasteiger partial charge is 0.241 e. The Morgan fingerprint density at radius 3 is 2.53 bits per heavy atom. The molecule has 1 aromatic rings. The van der Waals surface area contributed by atoms with Gasteiger partial charge in [0.1, 0.15) is 0 Å². The lowest BCUT2D eigenvalue weighted by Crippen LogP contribution is -2.38. The van der Waals surface area contributed by atoms with Crippen molar-refractivity contribution in [3.8, 4) is 0 Å². The molecule has 4 nitrogen and oxygen atoms in total. The van der Waals surface area contributed by atoms with Gasteiger partial charge in [0, 0.05) is 11.1 Å². The molecule has 0 bridgehead atoms. The molecule has 0 amide bonds. The van der Waals surface area contributed by atoms with Crippen molar-refractivity contribution in [2.45, 2.75) is 49.6 Å². The number of rotatable bonds is 3. The van der Waals surface area contributed by atoms with E-state index in [0.717, 1.165) is 0 Å². The van der Waals surface area contributed by atoms with Crippen LogP contribution in [0.3, 0.4) is 0 Å². The molecule has 0 atom stereocenters. The average molecular weight is 304 g/mol.